The number of Topliss-reactive ketones (excluding diaryl/α,β-unsaturated/α-hetero) is 1. The van der Waals surface area contributed by atoms with Crippen molar-refractivity contribution >= 4 is 40.4 Å². The normalized spacial score (nSPS) is 16.7. The van der Waals surface area contributed by atoms with Gasteiger partial charge in [-0.15, -0.1) is 0 Å². The molecule has 0 aliphatic carbocycles. The molecule has 192 valence electrons. The first-order valence-electron chi connectivity index (χ1n) is 11.7. The number of benzene rings is 3. The Morgan fingerprint density at radius 3 is 2.22 bits per heavy atom. The topological polar surface area (TPSA) is 79.3 Å². The van der Waals surface area contributed by atoms with E-state index in [1.54, 1.807) is 24.3 Å². The highest BCUT2D eigenvalue weighted by Crippen LogP contribution is 2.45. The van der Waals surface area contributed by atoms with Crippen molar-refractivity contribution in [1.82, 2.24) is 0 Å². The van der Waals surface area contributed by atoms with E-state index in [-0.39, 0.29) is 11.3 Å². The maximum atomic E-state index is 13.5. The number of aliphatic hydroxyl groups is 1. The zero-order chi connectivity index (χ0) is 27.0. The number of aliphatic hydroxyl groups excluding tert-OH is 1. The Morgan fingerprint density at radius 2 is 1.65 bits per heavy atom. The second-order valence-corrected chi connectivity index (χ2v) is 9.54. The van der Waals surface area contributed by atoms with Crippen LogP contribution in [0.3, 0.4) is 0 Å². The Hall–Kier alpha value is -3.97. The van der Waals surface area contributed by atoms with Crippen molar-refractivity contribution in [3.63, 3.8) is 0 Å². The van der Waals surface area contributed by atoms with Gasteiger partial charge < -0.3 is 19.5 Å². The van der Waals surface area contributed by atoms with Crippen LogP contribution in [0.5, 0.6) is 11.5 Å². The summed E-state index contributed by atoms with van der Waals surface area (Å²) in [5, 5.41) is 11.9. The van der Waals surface area contributed by atoms with Crippen LogP contribution in [0.25, 0.3) is 5.76 Å². The average Bonchev–Trinajstić information content (AvgIpc) is 3.13. The molecule has 0 spiro atoms. The van der Waals surface area contributed by atoms with Crippen molar-refractivity contribution in [2.45, 2.75) is 19.9 Å². The average molecular weight is 521 g/mol. The highest BCUT2D eigenvalue weighted by molar-refractivity contribution is 6.52. The van der Waals surface area contributed by atoms with Gasteiger partial charge in [-0.2, -0.15) is 0 Å². The molecule has 1 aliphatic rings. The van der Waals surface area contributed by atoms with Gasteiger partial charge in [-0.1, -0.05) is 29.8 Å². The van der Waals surface area contributed by atoms with Gasteiger partial charge in [-0.3, -0.25) is 14.5 Å². The van der Waals surface area contributed by atoms with Gasteiger partial charge in [0.05, 0.1) is 36.4 Å². The van der Waals surface area contributed by atoms with Gasteiger partial charge >= 0.3 is 0 Å². The summed E-state index contributed by atoms with van der Waals surface area (Å²) in [6.07, 6.45) is 0. The number of aryl methyl sites for hydroxylation is 2. The highest BCUT2D eigenvalue weighted by atomic mass is 35.5. The van der Waals surface area contributed by atoms with Gasteiger partial charge in [-0.25, -0.2) is 0 Å². The summed E-state index contributed by atoms with van der Waals surface area (Å²) in [6, 6.07) is 15.1. The van der Waals surface area contributed by atoms with Crippen molar-refractivity contribution in [3.8, 4) is 11.5 Å². The fourth-order valence-electron chi connectivity index (χ4n) is 4.72. The van der Waals surface area contributed by atoms with E-state index in [0.717, 1.165) is 16.8 Å². The summed E-state index contributed by atoms with van der Waals surface area (Å²) < 4.78 is 10.8. The molecule has 0 bridgehead atoms. The standard InChI is InChI=1S/C29H29ClN2O5/c1-16-13-17(2)28(37-6)21(14-16)26(33)24-25(18-7-9-19(10-8-18)31(3)4)32(29(35)27(24)34)20-11-12-23(36-5)22(30)15-20/h7-15,25,33H,1-6H3/b26-24+. The minimum atomic E-state index is -0.897. The quantitative estimate of drug-likeness (QED) is 0.256. The van der Waals surface area contributed by atoms with E-state index >= 15 is 0 Å². The smallest absolute Gasteiger partial charge is 0.300 e. The number of anilines is 2. The number of hydrogen-bond donors (Lipinski definition) is 1. The predicted octanol–water partition coefficient (Wildman–Crippen LogP) is 5.67. The van der Waals surface area contributed by atoms with Crippen molar-refractivity contribution in [2.75, 3.05) is 38.1 Å². The Kier molecular flexibility index (Phi) is 7.18. The highest BCUT2D eigenvalue weighted by Gasteiger charge is 2.47. The number of methoxy groups -OCH3 is 2. The molecular formula is C29H29ClN2O5. The van der Waals surface area contributed by atoms with Crippen molar-refractivity contribution < 1.29 is 24.2 Å². The third-order valence-corrected chi connectivity index (χ3v) is 6.76. The molecule has 3 aromatic carbocycles. The van der Waals surface area contributed by atoms with E-state index in [0.29, 0.717) is 33.3 Å². The third kappa shape index (κ3) is 4.62. The first-order chi connectivity index (χ1) is 17.6. The molecule has 1 fully saturated rings. The summed E-state index contributed by atoms with van der Waals surface area (Å²) in [5.74, 6) is -0.997. The fourth-order valence-corrected chi connectivity index (χ4v) is 4.97. The number of carbonyl (C=O) groups is 2. The molecule has 1 amide bonds. The lowest BCUT2D eigenvalue weighted by molar-refractivity contribution is -0.132. The van der Waals surface area contributed by atoms with Crippen LogP contribution in [0.1, 0.15) is 28.3 Å². The van der Waals surface area contributed by atoms with E-state index in [4.69, 9.17) is 21.1 Å². The fraction of sp³-hybridized carbons (Fsp3) is 0.241. The molecule has 3 aromatic rings. The minimum absolute atomic E-state index is 0.0298. The maximum Gasteiger partial charge on any atom is 0.300 e. The molecule has 7 nitrogen and oxygen atoms in total. The lowest BCUT2D eigenvalue weighted by Crippen LogP contribution is -2.29. The molecule has 0 saturated carbocycles. The minimum Gasteiger partial charge on any atom is -0.507 e. The molecule has 1 atom stereocenters. The second kappa shape index (κ2) is 10.2. The SMILES string of the molecule is COc1ccc(N2C(=O)C(=O)/C(=C(/O)c3cc(C)cc(C)c3OC)C2c2ccc(N(C)C)cc2)cc1Cl. The van der Waals surface area contributed by atoms with E-state index in [9.17, 15) is 14.7 Å². The molecule has 0 aromatic heterocycles. The molecule has 8 heteroatoms. The van der Waals surface area contributed by atoms with Crippen LogP contribution in [0.15, 0.2) is 60.2 Å². The summed E-state index contributed by atoms with van der Waals surface area (Å²) in [6.45, 7) is 3.75. The summed E-state index contributed by atoms with van der Waals surface area (Å²) in [4.78, 5) is 30.3. The number of nitrogens with zero attached hydrogens (tertiary/aromatic N) is 2. The van der Waals surface area contributed by atoms with Crippen LogP contribution in [-0.4, -0.2) is 45.1 Å². The number of hydrogen-bond acceptors (Lipinski definition) is 6. The largest absolute Gasteiger partial charge is 0.507 e. The Morgan fingerprint density at radius 1 is 0.973 bits per heavy atom. The Labute approximate surface area is 221 Å². The van der Waals surface area contributed by atoms with E-state index in [2.05, 4.69) is 0 Å². The van der Waals surface area contributed by atoms with Gasteiger partial charge in [0.15, 0.2) is 0 Å². The number of amides is 1. The number of ketones is 1. The Bertz CT molecular complexity index is 1410. The van der Waals surface area contributed by atoms with Crippen LogP contribution in [0, 0.1) is 13.8 Å². The predicted molar refractivity (Wildman–Crippen MR) is 146 cm³/mol. The zero-order valence-corrected chi connectivity index (χ0v) is 22.4. The first-order valence-corrected chi connectivity index (χ1v) is 12.0. The summed E-state index contributed by atoms with van der Waals surface area (Å²) >= 11 is 6.38. The van der Waals surface area contributed by atoms with Crippen LogP contribution >= 0.6 is 11.6 Å². The van der Waals surface area contributed by atoms with Crippen molar-refractivity contribution in [2.24, 2.45) is 0 Å². The number of ether oxygens (including phenoxy) is 2. The third-order valence-electron chi connectivity index (χ3n) is 6.46. The molecule has 1 saturated heterocycles. The molecular weight excluding hydrogens is 492 g/mol. The molecule has 1 aliphatic heterocycles. The van der Waals surface area contributed by atoms with Crippen LogP contribution in [-0.2, 0) is 9.59 Å². The van der Waals surface area contributed by atoms with Crippen molar-refractivity contribution in [3.05, 3.63) is 87.4 Å². The van der Waals surface area contributed by atoms with Gasteiger partial charge in [0.25, 0.3) is 11.7 Å². The zero-order valence-electron chi connectivity index (χ0n) is 21.6. The van der Waals surface area contributed by atoms with Gasteiger partial charge in [0, 0.05) is 25.5 Å². The molecule has 37 heavy (non-hydrogen) atoms. The summed E-state index contributed by atoms with van der Waals surface area (Å²) in [7, 11) is 6.85. The van der Waals surface area contributed by atoms with Crippen LogP contribution in [0.2, 0.25) is 5.02 Å². The lowest BCUT2D eigenvalue weighted by Gasteiger charge is -2.26. The van der Waals surface area contributed by atoms with E-state index < -0.39 is 17.7 Å². The maximum absolute atomic E-state index is 13.5. The first kappa shape index (κ1) is 26.1. The Balaban J connectivity index is 1.99. The van der Waals surface area contributed by atoms with Gasteiger partial charge in [0.1, 0.15) is 17.3 Å². The van der Waals surface area contributed by atoms with Gasteiger partial charge in [-0.05, 0) is 66.9 Å². The van der Waals surface area contributed by atoms with E-state index in [1.807, 2.05) is 63.2 Å². The number of halogens is 1. The molecule has 1 N–H and O–H groups in total. The number of rotatable bonds is 6. The number of carbonyl (C=O) groups excluding carboxylic acids is 2. The monoisotopic (exact) mass is 520 g/mol. The summed E-state index contributed by atoms with van der Waals surface area (Å²) in [5.41, 5.74) is 4.00. The second-order valence-electron chi connectivity index (χ2n) is 9.14. The van der Waals surface area contributed by atoms with Crippen LogP contribution < -0.4 is 19.3 Å². The van der Waals surface area contributed by atoms with Crippen LogP contribution in [0.4, 0.5) is 11.4 Å². The van der Waals surface area contributed by atoms with E-state index in [1.165, 1.54) is 19.1 Å². The van der Waals surface area contributed by atoms with Crippen molar-refractivity contribution in [1.29, 1.82) is 0 Å². The molecule has 4 rings (SSSR count). The molecule has 1 unspecified atom stereocenters. The van der Waals surface area contributed by atoms with Gasteiger partial charge in [0.2, 0.25) is 0 Å². The lowest BCUT2D eigenvalue weighted by atomic mass is 9.93. The molecule has 1 heterocycles. The molecule has 0 radical (unpaired) electrons.